The van der Waals surface area contributed by atoms with E-state index in [9.17, 15) is 22.8 Å². The molecule has 190 valence electrons. The Bertz CT molecular complexity index is 1530. The lowest BCUT2D eigenvalue weighted by Crippen LogP contribution is -2.39. The average molecular weight is 526 g/mol. The van der Waals surface area contributed by atoms with Crippen LogP contribution in [-0.2, 0) is 20.1 Å². The van der Waals surface area contributed by atoms with Gasteiger partial charge in [0, 0.05) is 38.7 Å². The van der Waals surface area contributed by atoms with Crippen molar-refractivity contribution in [1.82, 2.24) is 23.7 Å². The van der Waals surface area contributed by atoms with E-state index in [2.05, 4.69) is 14.7 Å². The first kappa shape index (κ1) is 25.3. The molecule has 4 aromatic rings. The van der Waals surface area contributed by atoms with Crippen LogP contribution in [0.3, 0.4) is 0 Å². The highest BCUT2D eigenvalue weighted by Gasteiger charge is 2.31. The summed E-state index contributed by atoms with van der Waals surface area (Å²) in [5.74, 6) is -0.566. The second kappa shape index (κ2) is 10.0. The number of aryl methyl sites for hydroxylation is 1. The molecule has 0 saturated carbocycles. The number of halogens is 4. The minimum Gasteiger partial charge on any atom is -0.425 e. The number of pyridine rings is 1. The second-order valence-corrected chi connectivity index (χ2v) is 8.10. The average Bonchev–Trinajstić information content (AvgIpc) is 3.15. The fourth-order valence-electron chi connectivity index (χ4n) is 3.57. The molecule has 0 radical (unpaired) electrons. The van der Waals surface area contributed by atoms with Gasteiger partial charge in [-0.1, -0.05) is 17.7 Å². The first-order valence-electron chi connectivity index (χ1n) is 10.5. The van der Waals surface area contributed by atoms with E-state index in [1.807, 2.05) is 0 Å². The number of benzene rings is 1. The number of rotatable bonds is 8. The lowest BCUT2D eigenvalue weighted by molar-refractivity contribution is -0.274. The highest BCUT2D eigenvalue weighted by atomic mass is 35.5. The molecular weight excluding hydrogens is 507 g/mol. The van der Waals surface area contributed by atoms with Gasteiger partial charge in [0.1, 0.15) is 11.5 Å². The Labute approximate surface area is 205 Å². The normalized spacial score (nSPS) is 11.7. The lowest BCUT2D eigenvalue weighted by Gasteiger charge is -2.12. The van der Waals surface area contributed by atoms with Crippen LogP contribution in [-0.4, -0.2) is 41.7 Å². The molecule has 3 heterocycles. The highest BCUT2D eigenvalue weighted by Crippen LogP contribution is 2.30. The van der Waals surface area contributed by atoms with Gasteiger partial charge < -0.3 is 14.6 Å². The van der Waals surface area contributed by atoms with Crippen molar-refractivity contribution in [2.24, 2.45) is 7.05 Å². The zero-order valence-corrected chi connectivity index (χ0v) is 19.5. The molecule has 3 aromatic heterocycles. The van der Waals surface area contributed by atoms with Crippen molar-refractivity contribution in [1.29, 1.82) is 0 Å². The van der Waals surface area contributed by atoms with Gasteiger partial charge in [-0.05, 0) is 30.2 Å². The van der Waals surface area contributed by atoms with Crippen molar-refractivity contribution in [3.8, 4) is 17.5 Å². The number of hydrogen-bond donors (Lipinski definition) is 1. The number of aromatic nitrogens is 5. The molecule has 4 rings (SSSR count). The summed E-state index contributed by atoms with van der Waals surface area (Å²) in [4.78, 5) is 34.4. The summed E-state index contributed by atoms with van der Waals surface area (Å²) in [5, 5.41) is 9.50. The summed E-state index contributed by atoms with van der Waals surface area (Å²) < 4.78 is 51.1. The quantitative estimate of drug-likeness (QED) is 0.376. The first-order valence-corrected chi connectivity index (χ1v) is 10.9. The molecule has 1 N–H and O–H groups in total. The molecule has 10 nitrogen and oxygen atoms in total. The Balaban J connectivity index is 1.88. The van der Waals surface area contributed by atoms with Crippen LogP contribution in [0.4, 0.5) is 13.2 Å². The molecule has 0 bridgehead atoms. The van der Waals surface area contributed by atoms with Crippen LogP contribution in [0.5, 0.6) is 17.5 Å². The van der Waals surface area contributed by atoms with Crippen molar-refractivity contribution < 1.29 is 27.8 Å². The summed E-state index contributed by atoms with van der Waals surface area (Å²) in [6.07, 6.45) is -1.80. The zero-order chi connectivity index (χ0) is 26.0. The smallest absolute Gasteiger partial charge is 0.425 e. The summed E-state index contributed by atoms with van der Waals surface area (Å²) in [7, 11) is 1.42. The number of imidazole rings is 1. The van der Waals surface area contributed by atoms with E-state index in [4.69, 9.17) is 21.4 Å². The van der Waals surface area contributed by atoms with Crippen LogP contribution in [0.1, 0.15) is 12.0 Å². The van der Waals surface area contributed by atoms with Crippen LogP contribution in [0.2, 0.25) is 5.02 Å². The van der Waals surface area contributed by atoms with Crippen molar-refractivity contribution in [2.75, 3.05) is 6.61 Å². The maximum Gasteiger partial charge on any atom is 0.573 e. The number of hydrogen-bond acceptors (Lipinski definition) is 7. The number of ether oxygens (including phenoxy) is 2. The monoisotopic (exact) mass is 525 g/mol. The third-order valence-electron chi connectivity index (χ3n) is 5.09. The zero-order valence-electron chi connectivity index (χ0n) is 18.7. The van der Waals surface area contributed by atoms with Gasteiger partial charge in [-0.25, -0.2) is 4.79 Å². The Kier molecular flexibility index (Phi) is 7.04. The number of fused-ring (bicyclic) bond motifs is 1. The van der Waals surface area contributed by atoms with Gasteiger partial charge in [0.25, 0.3) is 5.56 Å². The Morgan fingerprint density at radius 3 is 2.56 bits per heavy atom. The molecule has 0 aliphatic carbocycles. The third-order valence-corrected chi connectivity index (χ3v) is 5.29. The Morgan fingerprint density at radius 2 is 1.86 bits per heavy atom. The van der Waals surface area contributed by atoms with Gasteiger partial charge in [-0.2, -0.15) is 4.98 Å². The van der Waals surface area contributed by atoms with Crippen LogP contribution in [0.15, 0.2) is 52.3 Å². The Morgan fingerprint density at radius 1 is 1.11 bits per heavy atom. The largest absolute Gasteiger partial charge is 0.573 e. The highest BCUT2D eigenvalue weighted by molar-refractivity contribution is 6.30. The maximum absolute atomic E-state index is 13.3. The standard InChI is InChI=1S/C22H19ClF3N5O5/c1-29-18-17(19(33)30(21(29)34)6-3-7-32)31(12-13-8-14(23)11-27-10-13)20(28-18)35-15-4-2-5-16(9-15)36-22(24,25)26/h2,4-5,8-11,32H,3,6-7,12H2,1H3. The van der Waals surface area contributed by atoms with Crippen LogP contribution in [0, 0.1) is 0 Å². The number of alkyl halides is 3. The summed E-state index contributed by atoms with van der Waals surface area (Å²) in [5.41, 5.74) is -0.753. The van der Waals surface area contributed by atoms with Crippen LogP contribution in [0.25, 0.3) is 11.2 Å². The minimum absolute atomic E-state index is 0.00191. The number of nitrogens with zero attached hydrogens (tertiary/aromatic N) is 5. The summed E-state index contributed by atoms with van der Waals surface area (Å²) in [6, 6.07) is 6.23. The van der Waals surface area contributed by atoms with Gasteiger partial charge in [0.15, 0.2) is 11.2 Å². The summed E-state index contributed by atoms with van der Waals surface area (Å²) >= 11 is 6.04. The van der Waals surface area contributed by atoms with Crippen molar-refractivity contribution in [3.05, 3.63) is 74.1 Å². The molecule has 1 aromatic carbocycles. The van der Waals surface area contributed by atoms with Gasteiger partial charge >= 0.3 is 18.1 Å². The van der Waals surface area contributed by atoms with Crippen molar-refractivity contribution >= 4 is 22.8 Å². The molecule has 0 saturated heterocycles. The lowest BCUT2D eigenvalue weighted by atomic mass is 10.3. The summed E-state index contributed by atoms with van der Waals surface area (Å²) in [6.45, 7) is -0.272. The predicted octanol–water partition coefficient (Wildman–Crippen LogP) is 3.07. The number of aliphatic hydroxyl groups excluding tert-OH is 1. The van der Waals surface area contributed by atoms with E-state index >= 15 is 0 Å². The number of aliphatic hydroxyl groups is 1. The van der Waals surface area contributed by atoms with Gasteiger partial charge in [-0.15, -0.1) is 13.2 Å². The molecule has 0 unspecified atom stereocenters. The molecule has 0 aliphatic rings. The minimum atomic E-state index is -4.90. The van der Waals surface area contributed by atoms with E-state index in [1.165, 1.54) is 36.1 Å². The van der Waals surface area contributed by atoms with Crippen molar-refractivity contribution in [3.63, 3.8) is 0 Å². The fourth-order valence-corrected chi connectivity index (χ4v) is 3.76. The second-order valence-electron chi connectivity index (χ2n) is 7.66. The molecule has 0 amide bonds. The molecule has 36 heavy (non-hydrogen) atoms. The molecule has 14 heteroatoms. The van der Waals surface area contributed by atoms with Gasteiger partial charge in [0.05, 0.1) is 11.6 Å². The van der Waals surface area contributed by atoms with E-state index in [1.54, 1.807) is 6.07 Å². The first-order chi connectivity index (χ1) is 17.1. The maximum atomic E-state index is 13.3. The molecule has 0 fully saturated rings. The van der Waals surface area contributed by atoms with E-state index in [0.717, 1.165) is 21.3 Å². The molecule has 0 spiro atoms. The SMILES string of the molecule is Cn1c(=O)n(CCCO)c(=O)c2c1nc(Oc1cccc(OC(F)(F)F)c1)n2Cc1cncc(Cl)c1. The third kappa shape index (κ3) is 5.36. The van der Waals surface area contributed by atoms with Crippen LogP contribution < -0.4 is 20.7 Å². The van der Waals surface area contributed by atoms with Gasteiger partial charge in [0.2, 0.25) is 0 Å². The van der Waals surface area contributed by atoms with Crippen molar-refractivity contribution in [2.45, 2.75) is 25.9 Å². The molecule has 0 atom stereocenters. The van der Waals surface area contributed by atoms with E-state index in [-0.39, 0.29) is 49.0 Å². The molecule has 0 aliphatic heterocycles. The topological polar surface area (TPSA) is 113 Å². The van der Waals surface area contributed by atoms with Crippen LogP contribution >= 0.6 is 11.6 Å². The van der Waals surface area contributed by atoms with Gasteiger partial charge in [-0.3, -0.25) is 23.5 Å². The Hall–Kier alpha value is -3.84. The van der Waals surface area contributed by atoms with E-state index in [0.29, 0.717) is 10.6 Å². The molecular formula is C22H19ClF3N5O5. The predicted molar refractivity (Wildman–Crippen MR) is 122 cm³/mol. The van der Waals surface area contributed by atoms with E-state index < -0.39 is 23.4 Å². The fraction of sp³-hybridized carbons (Fsp3) is 0.273.